The zero-order valence-corrected chi connectivity index (χ0v) is 23.1. The number of amides is 1. The first-order valence-corrected chi connectivity index (χ1v) is 13.3. The van der Waals surface area contributed by atoms with Crippen LogP contribution in [0.2, 0.25) is 0 Å². The van der Waals surface area contributed by atoms with E-state index in [4.69, 9.17) is 9.57 Å². The zero-order chi connectivity index (χ0) is 28.4. The second kappa shape index (κ2) is 11.6. The first-order valence-electron chi connectivity index (χ1n) is 13.3. The van der Waals surface area contributed by atoms with Crippen molar-refractivity contribution in [1.82, 2.24) is 19.6 Å². The lowest BCUT2D eigenvalue weighted by Crippen LogP contribution is -2.55. The Morgan fingerprint density at radius 2 is 1.75 bits per heavy atom. The molecular weight excluding hydrogens is 517 g/mol. The summed E-state index contributed by atoms with van der Waals surface area (Å²) in [6, 6.07) is 6.21. The molecule has 5 rings (SSSR count). The van der Waals surface area contributed by atoms with Crippen molar-refractivity contribution in [1.29, 1.82) is 0 Å². The summed E-state index contributed by atoms with van der Waals surface area (Å²) in [6.45, 7) is 8.15. The lowest BCUT2D eigenvalue weighted by atomic mass is 10.0. The Kier molecular flexibility index (Phi) is 7.99. The van der Waals surface area contributed by atoms with Crippen LogP contribution in [0.4, 0.5) is 21.7 Å². The molecule has 2 aliphatic rings. The smallest absolute Gasteiger partial charge is 0.282 e. The van der Waals surface area contributed by atoms with Gasteiger partial charge >= 0.3 is 0 Å². The van der Waals surface area contributed by atoms with Crippen molar-refractivity contribution >= 4 is 23.2 Å². The van der Waals surface area contributed by atoms with Crippen molar-refractivity contribution in [3.05, 3.63) is 64.6 Å². The van der Waals surface area contributed by atoms with Crippen molar-refractivity contribution in [3.63, 3.8) is 0 Å². The van der Waals surface area contributed by atoms with Crippen molar-refractivity contribution in [2.24, 2.45) is 0 Å². The van der Waals surface area contributed by atoms with E-state index in [1.807, 2.05) is 4.90 Å². The minimum absolute atomic E-state index is 0.219. The lowest BCUT2D eigenvalue weighted by Gasteiger charge is -2.44. The summed E-state index contributed by atoms with van der Waals surface area (Å²) >= 11 is 0. The maximum Gasteiger partial charge on any atom is 0.282 e. The van der Waals surface area contributed by atoms with Gasteiger partial charge in [-0.25, -0.2) is 14.4 Å². The molecule has 12 heteroatoms. The summed E-state index contributed by atoms with van der Waals surface area (Å²) in [5, 5.41) is 2.94. The van der Waals surface area contributed by atoms with Gasteiger partial charge in [0, 0.05) is 67.8 Å². The molecule has 2 aliphatic heterocycles. The number of rotatable bonds is 6. The molecule has 2 aromatic heterocycles. The van der Waals surface area contributed by atoms with Crippen molar-refractivity contribution in [3.8, 4) is 11.1 Å². The molecule has 3 aromatic rings. The minimum atomic E-state index is -0.459. The Bertz CT molecular complexity index is 1410. The van der Waals surface area contributed by atoms with Crippen LogP contribution in [0.1, 0.15) is 24.2 Å². The highest BCUT2D eigenvalue weighted by Crippen LogP contribution is 2.36. The van der Waals surface area contributed by atoms with Gasteiger partial charge in [0.25, 0.3) is 11.5 Å². The average molecular weight is 552 g/mol. The largest absolute Gasteiger partial charge is 0.414 e. The number of carbonyl (C=O) groups excluding carboxylic acids is 1. The Morgan fingerprint density at radius 3 is 2.40 bits per heavy atom. The Balaban J connectivity index is 1.51. The number of aromatic nitrogens is 3. The Morgan fingerprint density at radius 1 is 1.07 bits per heavy atom. The van der Waals surface area contributed by atoms with E-state index in [0.717, 1.165) is 4.73 Å². The molecule has 11 nitrogen and oxygen atoms in total. The SMILES string of the molecule is COn1cc(C(=O)Nc2cc(-c3cnc(N4CCOCC4)nc3)c(F)cc2N2C[C@@H](C)N(C)[C@@H](C)C2)ccc1=O. The van der Waals surface area contributed by atoms with Crippen LogP contribution in [0.15, 0.2) is 47.7 Å². The highest BCUT2D eigenvalue weighted by atomic mass is 19.1. The molecule has 0 spiro atoms. The number of piperazine rings is 1. The molecule has 2 fully saturated rings. The van der Waals surface area contributed by atoms with E-state index < -0.39 is 17.3 Å². The van der Waals surface area contributed by atoms with Crippen LogP contribution >= 0.6 is 0 Å². The standard InChI is InChI=1S/C28H34FN7O4/c1-18-15-35(16-19(2)33(18)3)25-12-23(29)22(21-13-30-28(31-14-21)34-7-9-40-10-8-34)11-24(25)32-27(38)20-5-6-26(37)36(17-20)39-4/h5-6,11-14,17-19H,7-10,15-16H2,1-4H3,(H,32,38)/t18-,19+. The molecule has 0 aliphatic carbocycles. The fourth-order valence-electron chi connectivity index (χ4n) is 5.07. The molecule has 0 unspecified atom stereocenters. The molecule has 1 amide bonds. The van der Waals surface area contributed by atoms with Crippen LogP contribution in [0.3, 0.4) is 0 Å². The van der Waals surface area contributed by atoms with Gasteiger partial charge in [-0.3, -0.25) is 14.5 Å². The molecule has 1 N–H and O–H groups in total. The molecule has 0 bridgehead atoms. The van der Waals surface area contributed by atoms with Gasteiger partial charge in [-0.1, -0.05) is 0 Å². The van der Waals surface area contributed by atoms with E-state index >= 15 is 4.39 Å². The van der Waals surface area contributed by atoms with Gasteiger partial charge in [-0.2, -0.15) is 4.73 Å². The molecule has 0 saturated carbocycles. The van der Waals surface area contributed by atoms with Crippen LogP contribution in [0, 0.1) is 5.82 Å². The normalized spacial score (nSPS) is 19.9. The third kappa shape index (κ3) is 5.63. The molecule has 40 heavy (non-hydrogen) atoms. The summed E-state index contributed by atoms with van der Waals surface area (Å²) in [4.78, 5) is 45.6. The average Bonchev–Trinajstić information content (AvgIpc) is 2.97. The maximum atomic E-state index is 15.7. The van der Waals surface area contributed by atoms with E-state index in [1.54, 1.807) is 18.5 Å². The van der Waals surface area contributed by atoms with Crippen LogP contribution in [0.5, 0.6) is 0 Å². The zero-order valence-electron chi connectivity index (χ0n) is 23.1. The molecule has 212 valence electrons. The van der Waals surface area contributed by atoms with E-state index in [-0.39, 0.29) is 23.2 Å². The molecule has 1 aromatic carbocycles. The van der Waals surface area contributed by atoms with Crippen LogP contribution < -0.4 is 25.5 Å². The number of anilines is 3. The van der Waals surface area contributed by atoms with Gasteiger partial charge in [0.15, 0.2) is 0 Å². The maximum absolute atomic E-state index is 15.7. The molecular formula is C28H34FN7O4. The summed E-state index contributed by atoms with van der Waals surface area (Å²) in [5.41, 5.74) is 1.60. The lowest BCUT2D eigenvalue weighted by molar-refractivity contribution is 0.101. The second-order valence-electron chi connectivity index (χ2n) is 10.2. The number of ether oxygens (including phenoxy) is 1. The van der Waals surface area contributed by atoms with Gasteiger partial charge < -0.3 is 24.7 Å². The van der Waals surface area contributed by atoms with E-state index in [2.05, 4.69) is 46.0 Å². The predicted molar refractivity (Wildman–Crippen MR) is 151 cm³/mol. The third-order valence-corrected chi connectivity index (χ3v) is 7.62. The summed E-state index contributed by atoms with van der Waals surface area (Å²) in [5.74, 6) is -0.340. The molecule has 4 heterocycles. The number of morpholine rings is 1. The first-order chi connectivity index (χ1) is 19.2. The van der Waals surface area contributed by atoms with Crippen LogP contribution in [0.25, 0.3) is 11.1 Å². The predicted octanol–water partition coefficient (Wildman–Crippen LogP) is 2.12. The highest BCUT2D eigenvalue weighted by Gasteiger charge is 2.29. The van der Waals surface area contributed by atoms with E-state index in [9.17, 15) is 9.59 Å². The Hall–Kier alpha value is -4.03. The van der Waals surface area contributed by atoms with Gasteiger partial charge in [0.1, 0.15) is 12.9 Å². The topological polar surface area (TPSA) is 105 Å². The van der Waals surface area contributed by atoms with Crippen molar-refractivity contribution in [2.45, 2.75) is 25.9 Å². The van der Waals surface area contributed by atoms with Gasteiger partial charge in [-0.05, 0) is 39.1 Å². The number of carbonyl (C=O) groups is 1. The molecule has 2 saturated heterocycles. The number of pyridine rings is 1. The summed E-state index contributed by atoms with van der Waals surface area (Å²) in [6.07, 6.45) is 4.51. The molecule has 2 atom stereocenters. The highest BCUT2D eigenvalue weighted by molar-refractivity contribution is 6.06. The van der Waals surface area contributed by atoms with Crippen molar-refractivity contribution in [2.75, 3.05) is 68.7 Å². The number of nitrogens with zero attached hydrogens (tertiary/aromatic N) is 6. The number of halogens is 1. The monoisotopic (exact) mass is 551 g/mol. The summed E-state index contributed by atoms with van der Waals surface area (Å²) in [7, 11) is 3.42. The van der Waals surface area contributed by atoms with Crippen LogP contribution in [-0.4, -0.2) is 91.1 Å². The number of hydrogen-bond acceptors (Lipinski definition) is 9. The number of nitrogens with one attached hydrogen (secondary N) is 1. The minimum Gasteiger partial charge on any atom is -0.414 e. The number of likely N-dealkylation sites (N-methyl/N-ethyl adjacent to an activating group) is 1. The third-order valence-electron chi connectivity index (χ3n) is 7.62. The van der Waals surface area contributed by atoms with Gasteiger partial charge in [-0.15, -0.1) is 0 Å². The molecule has 0 radical (unpaired) electrons. The first kappa shape index (κ1) is 27.5. The second-order valence-corrected chi connectivity index (χ2v) is 10.2. The van der Waals surface area contributed by atoms with Crippen LogP contribution in [-0.2, 0) is 4.74 Å². The number of benzene rings is 1. The van der Waals surface area contributed by atoms with E-state index in [1.165, 1.54) is 31.5 Å². The Labute approximate surface area is 232 Å². The van der Waals surface area contributed by atoms with Crippen molar-refractivity contribution < 1.29 is 18.8 Å². The number of hydrogen-bond donors (Lipinski definition) is 1. The quantitative estimate of drug-likeness (QED) is 0.493. The summed E-state index contributed by atoms with van der Waals surface area (Å²) < 4.78 is 22.1. The van der Waals surface area contributed by atoms with Gasteiger partial charge in [0.05, 0.1) is 36.3 Å². The fraction of sp³-hybridized carbons (Fsp3) is 0.429. The van der Waals surface area contributed by atoms with Gasteiger partial charge in [0.2, 0.25) is 5.95 Å². The fourth-order valence-corrected chi connectivity index (χ4v) is 5.07. The van der Waals surface area contributed by atoms with E-state index in [0.29, 0.717) is 62.3 Å².